The third-order valence-electron chi connectivity index (χ3n) is 3.28. The van der Waals surface area contributed by atoms with Gasteiger partial charge < -0.3 is 10.6 Å². The van der Waals surface area contributed by atoms with Crippen LogP contribution in [0.4, 0.5) is 10.1 Å². The maximum atomic E-state index is 13.2. The summed E-state index contributed by atoms with van der Waals surface area (Å²) in [4.78, 5) is 2.41. The fourth-order valence-electron chi connectivity index (χ4n) is 2.09. The van der Waals surface area contributed by atoms with Crippen LogP contribution in [0.15, 0.2) is 42.5 Å². The van der Waals surface area contributed by atoms with E-state index in [-0.39, 0.29) is 5.82 Å². The Hall–Kier alpha value is -1.94. The van der Waals surface area contributed by atoms with Crippen LogP contribution in [-0.4, -0.2) is 12.0 Å². The van der Waals surface area contributed by atoms with Gasteiger partial charge in [-0.2, -0.15) is 0 Å². The molecule has 2 nitrogen and oxygen atoms in total. The molecule has 0 aliphatic carbocycles. The minimum absolute atomic E-state index is 0.227. The van der Waals surface area contributed by atoms with E-state index in [0.717, 1.165) is 22.4 Å². The molecule has 2 aromatic rings. The molecule has 2 aromatic carbocycles. The fraction of sp³-hybridized carbons (Fsp3) is 0.188. The molecule has 2 rings (SSSR count). The van der Waals surface area contributed by atoms with Crippen LogP contribution in [0.2, 0.25) is 0 Å². The van der Waals surface area contributed by atoms with E-state index in [9.17, 15) is 4.39 Å². The van der Waals surface area contributed by atoms with Gasteiger partial charge >= 0.3 is 0 Å². The molecule has 0 saturated carbocycles. The van der Waals surface area contributed by atoms with Crippen LogP contribution in [0.1, 0.15) is 16.7 Å². The summed E-state index contributed by atoms with van der Waals surface area (Å²) in [5.74, 6) is -0.227. The molecule has 104 valence electrons. The molecule has 0 amide bonds. The highest BCUT2D eigenvalue weighted by molar-refractivity contribution is 7.80. The molecule has 0 unspecified atom stereocenters. The standard InChI is InChI=1S/C16H17FN2S/c1-11-8-12(16(18)20)6-7-13(11)10-19(2)15-5-3-4-14(17)9-15/h3-9H,10H2,1-2H3,(H2,18,20). The molecule has 0 atom stereocenters. The van der Waals surface area contributed by atoms with E-state index in [1.54, 1.807) is 6.07 Å². The van der Waals surface area contributed by atoms with Crippen molar-refractivity contribution in [1.29, 1.82) is 0 Å². The number of benzene rings is 2. The Morgan fingerprint density at radius 3 is 2.60 bits per heavy atom. The first-order valence-electron chi connectivity index (χ1n) is 6.33. The lowest BCUT2D eigenvalue weighted by Gasteiger charge is -2.21. The first-order valence-corrected chi connectivity index (χ1v) is 6.74. The van der Waals surface area contributed by atoms with E-state index < -0.39 is 0 Å². The van der Waals surface area contributed by atoms with Gasteiger partial charge in [0.25, 0.3) is 0 Å². The van der Waals surface area contributed by atoms with Gasteiger partial charge in [0, 0.05) is 24.8 Å². The van der Waals surface area contributed by atoms with Crippen molar-refractivity contribution in [2.45, 2.75) is 13.5 Å². The highest BCUT2D eigenvalue weighted by Crippen LogP contribution is 2.19. The summed E-state index contributed by atoms with van der Waals surface area (Å²) in [6.07, 6.45) is 0. The lowest BCUT2D eigenvalue weighted by atomic mass is 10.0. The van der Waals surface area contributed by atoms with Gasteiger partial charge in [0.15, 0.2) is 0 Å². The van der Waals surface area contributed by atoms with Crippen LogP contribution >= 0.6 is 12.2 Å². The summed E-state index contributed by atoms with van der Waals surface area (Å²) in [6, 6.07) is 12.5. The van der Waals surface area contributed by atoms with Crippen molar-refractivity contribution < 1.29 is 4.39 Å². The second-order valence-electron chi connectivity index (χ2n) is 4.84. The topological polar surface area (TPSA) is 29.3 Å². The maximum Gasteiger partial charge on any atom is 0.125 e. The van der Waals surface area contributed by atoms with Crippen molar-refractivity contribution >= 4 is 22.9 Å². The van der Waals surface area contributed by atoms with Crippen molar-refractivity contribution in [3.8, 4) is 0 Å². The van der Waals surface area contributed by atoms with Gasteiger partial charge in [0.05, 0.1) is 0 Å². The number of thiocarbonyl (C=S) groups is 1. The summed E-state index contributed by atoms with van der Waals surface area (Å²) in [5.41, 5.74) is 9.63. The largest absolute Gasteiger partial charge is 0.389 e. The molecule has 0 aliphatic rings. The number of aryl methyl sites for hydroxylation is 1. The average Bonchev–Trinajstić information content (AvgIpc) is 2.40. The van der Waals surface area contributed by atoms with Crippen molar-refractivity contribution in [3.63, 3.8) is 0 Å². The SMILES string of the molecule is Cc1cc(C(N)=S)ccc1CN(C)c1cccc(F)c1. The Labute approximate surface area is 124 Å². The number of rotatable bonds is 4. The molecule has 0 radical (unpaired) electrons. The number of anilines is 1. The Kier molecular flexibility index (Phi) is 4.35. The molecular weight excluding hydrogens is 271 g/mol. The monoisotopic (exact) mass is 288 g/mol. The summed E-state index contributed by atoms with van der Waals surface area (Å²) < 4.78 is 13.2. The van der Waals surface area contributed by atoms with Gasteiger partial charge in [-0.25, -0.2) is 4.39 Å². The van der Waals surface area contributed by atoms with Gasteiger partial charge in [-0.05, 0) is 42.3 Å². The van der Waals surface area contributed by atoms with Crippen molar-refractivity contribution in [3.05, 3.63) is 65.0 Å². The van der Waals surface area contributed by atoms with E-state index >= 15 is 0 Å². The highest BCUT2D eigenvalue weighted by atomic mass is 32.1. The minimum atomic E-state index is -0.227. The summed E-state index contributed by atoms with van der Waals surface area (Å²) in [7, 11) is 1.94. The average molecular weight is 288 g/mol. The van der Waals surface area contributed by atoms with Crippen LogP contribution in [0.5, 0.6) is 0 Å². The normalized spacial score (nSPS) is 10.3. The molecule has 0 aliphatic heterocycles. The smallest absolute Gasteiger partial charge is 0.125 e. The molecule has 0 spiro atoms. The van der Waals surface area contributed by atoms with Gasteiger partial charge in [-0.15, -0.1) is 0 Å². The number of hydrogen-bond donors (Lipinski definition) is 1. The molecule has 4 heteroatoms. The Bertz CT molecular complexity index is 640. The second-order valence-corrected chi connectivity index (χ2v) is 5.28. The van der Waals surface area contributed by atoms with Crippen molar-refractivity contribution in [2.24, 2.45) is 5.73 Å². The first kappa shape index (κ1) is 14.5. The van der Waals surface area contributed by atoms with Crippen LogP contribution in [0, 0.1) is 12.7 Å². The number of halogens is 1. The predicted octanol–water partition coefficient (Wildman–Crippen LogP) is 3.40. The number of nitrogens with two attached hydrogens (primary N) is 1. The maximum absolute atomic E-state index is 13.2. The molecule has 20 heavy (non-hydrogen) atoms. The van der Waals surface area contributed by atoms with Crippen LogP contribution in [0.3, 0.4) is 0 Å². The van der Waals surface area contributed by atoms with Gasteiger partial charge in [-0.3, -0.25) is 0 Å². The molecule has 0 fully saturated rings. The Morgan fingerprint density at radius 1 is 1.25 bits per heavy atom. The Morgan fingerprint density at radius 2 is 2.00 bits per heavy atom. The van der Waals surface area contributed by atoms with Crippen LogP contribution < -0.4 is 10.6 Å². The van der Waals surface area contributed by atoms with Gasteiger partial charge in [0.1, 0.15) is 10.8 Å². The fourth-order valence-corrected chi connectivity index (χ4v) is 2.21. The third-order valence-corrected chi connectivity index (χ3v) is 3.52. The minimum Gasteiger partial charge on any atom is -0.389 e. The second kappa shape index (κ2) is 6.01. The third kappa shape index (κ3) is 3.33. The summed E-state index contributed by atoms with van der Waals surface area (Å²) >= 11 is 4.97. The zero-order valence-corrected chi connectivity index (χ0v) is 12.4. The lowest BCUT2D eigenvalue weighted by Crippen LogP contribution is -2.17. The quantitative estimate of drug-likeness (QED) is 0.874. The molecule has 0 saturated heterocycles. The van der Waals surface area contributed by atoms with Crippen molar-refractivity contribution in [1.82, 2.24) is 0 Å². The molecule has 0 bridgehead atoms. The molecule has 0 heterocycles. The van der Waals surface area contributed by atoms with Crippen LogP contribution in [0.25, 0.3) is 0 Å². The molecular formula is C16H17FN2S. The Balaban J connectivity index is 2.19. The van der Waals surface area contributed by atoms with E-state index in [2.05, 4.69) is 0 Å². The zero-order chi connectivity index (χ0) is 14.7. The summed E-state index contributed by atoms with van der Waals surface area (Å²) in [5, 5.41) is 0. The zero-order valence-electron chi connectivity index (χ0n) is 11.6. The van der Waals surface area contributed by atoms with E-state index in [1.165, 1.54) is 12.1 Å². The highest BCUT2D eigenvalue weighted by Gasteiger charge is 2.07. The number of nitrogens with zero attached hydrogens (tertiary/aromatic N) is 1. The van der Waals surface area contributed by atoms with E-state index in [0.29, 0.717) is 11.5 Å². The van der Waals surface area contributed by atoms with Gasteiger partial charge in [-0.1, -0.05) is 30.4 Å². The van der Waals surface area contributed by atoms with Crippen molar-refractivity contribution in [2.75, 3.05) is 11.9 Å². The first-order chi connectivity index (χ1) is 9.47. The van der Waals surface area contributed by atoms with E-state index in [1.807, 2.05) is 43.1 Å². The number of hydrogen-bond acceptors (Lipinski definition) is 2. The van der Waals surface area contributed by atoms with Crippen LogP contribution in [-0.2, 0) is 6.54 Å². The molecule has 0 aromatic heterocycles. The van der Waals surface area contributed by atoms with E-state index in [4.69, 9.17) is 18.0 Å². The summed E-state index contributed by atoms with van der Waals surface area (Å²) in [6.45, 7) is 2.73. The molecule has 2 N–H and O–H groups in total. The lowest BCUT2D eigenvalue weighted by molar-refractivity contribution is 0.627. The predicted molar refractivity (Wildman–Crippen MR) is 85.6 cm³/mol. The van der Waals surface area contributed by atoms with Gasteiger partial charge in [0.2, 0.25) is 0 Å².